The van der Waals surface area contributed by atoms with Crippen LogP contribution >= 0.6 is 0 Å². The molecule has 0 saturated carbocycles. The molecule has 0 bridgehead atoms. The minimum absolute atomic E-state index is 0.00803. The van der Waals surface area contributed by atoms with Crippen molar-refractivity contribution in [1.82, 2.24) is 25.8 Å². The predicted molar refractivity (Wildman–Crippen MR) is 232 cm³/mol. The molecule has 9 atom stereocenters. The van der Waals surface area contributed by atoms with Gasteiger partial charge in [0.25, 0.3) is 0 Å². The Kier molecular flexibility index (Phi) is 20.1. The van der Waals surface area contributed by atoms with Gasteiger partial charge in [0.05, 0.1) is 48.7 Å². The summed E-state index contributed by atoms with van der Waals surface area (Å²) in [4.78, 5) is 59.4. The summed E-state index contributed by atoms with van der Waals surface area (Å²) in [5.41, 5.74) is 2.31. The lowest BCUT2D eigenvalue weighted by molar-refractivity contribution is -0.147. The first-order valence-electron chi connectivity index (χ1n) is 21.3. The second-order valence-electron chi connectivity index (χ2n) is 16.8. The molecule has 1 aliphatic rings. The first kappa shape index (κ1) is 48.3. The maximum atomic E-state index is 14.3. The first-order chi connectivity index (χ1) is 27.7. The van der Waals surface area contributed by atoms with E-state index in [9.17, 15) is 19.2 Å². The molecule has 0 radical (unpaired) electrons. The summed E-state index contributed by atoms with van der Waals surface area (Å²) in [5, 5.41) is 9.35. The van der Waals surface area contributed by atoms with Gasteiger partial charge < -0.3 is 35.2 Å². The lowest BCUT2D eigenvalue weighted by atomic mass is 9.89. The zero-order valence-electron chi connectivity index (χ0n) is 37.1. The van der Waals surface area contributed by atoms with Crippen molar-refractivity contribution in [3.8, 4) is 0 Å². The fourth-order valence-electron chi connectivity index (χ4n) is 8.38. The van der Waals surface area contributed by atoms with Gasteiger partial charge in [-0.15, -0.1) is 0 Å². The van der Waals surface area contributed by atoms with Gasteiger partial charge in [-0.05, 0) is 61.6 Å². The van der Waals surface area contributed by atoms with E-state index >= 15 is 0 Å². The van der Waals surface area contributed by atoms with Crippen molar-refractivity contribution in [2.75, 3.05) is 34.9 Å². The summed E-state index contributed by atoms with van der Waals surface area (Å²) in [5.74, 6) is -1.37. The zero-order valence-corrected chi connectivity index (χ0v) is 37.1. The summed E-state index contributed by atoms with van der Waals surface area (Å²) in [6.07, 6.45) is 6.73. The Morgan fingerprint density at radius 1 is 0.845 bits per heavy atom. The molecule has 1 heterocycles. The molecule has 0 aromatic heterocycles. The van der Waals surface area contributed by atoms with E-state index in [1.807, 2.05) is 75.9 Å². The molecular weight excluding hydrogens is 731 g/mol. The van der Waals surface area contributed by atoms with Gasteiger partial charge in [-0.3, -0.25) is 19.2 Å². The van der Waals surface area contributed by atoms with E-state index in [4.69, 9.17) is 9.47 Å². The van der Waals surface area contributed by atoms with E-state index in [1.165, 1.54) is 5.56 Å². The van der Waals surface area contributed by atoms with Crippen LogP contribution in [0.3, 0.4) is 0 Å². The highest BCUT2D eigenvalue weighted by Crippen LogP contribution is 2.30. The van der Waals surface area contributed by atoms with Crippen molar-refractivity contribution >= 4 is 23.6 Å². The Bertz CT molecular complexity index is 1590. The Morgan fingerprint density at radius 3 is 1.98 bits per heavy atom. The van der Waals surface area contributed by atoms with Crippen molar-refractivity contribution in [2.24, 2.45) is 23.7 Å². The molecule has 2 aromatic carbocycles. The van der Waals surface area contributed by atoms with Crippen molar-refractivity contribution in [3.05, 3.63) is 83.9 Å². The monoisotopic (exact) mass is 804 g/mol. The molecule has 0 spiro atoms. The van der Waals surface area contributed by atoms with Crippen molar-refractivity contribution in [1.29, 1.82) is 0 Å². The quantitative estimate of drug-likeness (QED) is 0.121. The Labute approximate surface area is 349 Å². The number of hydrogen-bond donors (Lipinski definition) is 3. The summed E-state index contributed by atoms with van der Waals surface area (Å²) >= 11 is 0. The number of carbonyl (C=O) groups excluding carboxylic acids is 4. The number of nitrogens with one attached hydrogen (secondary N) is 3. The van der Waals surface area contributed by atoms with Gasteiger partial charge in [0.15, 0.2) is 0 Å². The van der Waals surface area contributed by atoms with Gasteiger partial charge in [0.1, 0.15) is 6.04 Å². The van der Waals surface area contributed by atoms with Crippen LogP contribution in [0.2, 0.25) is 0 Å². The molecule has 3 N–H and O–H groups in total. The van der Waals surface area contributed by atoms with E-state index in [1.54, 1.807) is 33.2 Å². The number of likely N-dealkylation sites (N-methyl/N-ethyl adjacent to an activating group) is 2. The molecule has 1 saturated heterocycles. The van der Waals surface area contributed by atoms with E-state index in [0.717, 1.165) is 24.8 Å². The van der Waals surface area contributed by atoms with Gasteiger partial charge in [-0.1, -0.05) is 128 Å². The van der Waals surface area contributed by atoms with Crippen LogP contribution in [0.5, 0.6) is 0 Å². The summed E-state index contributed by atoms with van der Waals surface area (Å²) < 4.78 is 12.1. The van der Waals surface area contributed by atoms with Crippen LogP contribution in [0.25, 0.3) is 0 Å². The lowest BCUT2D eigenvalue weighted by Crippen LogP contribution is -2.59. The molecule has 0 aliphatic carbocycles. The highest BCUT2D eigenvalue weighted by molar-refractivity contribution is 5.90. The van der Waals surface area contributed by atoms with Crippen LogP contribution in [0, 0.1) is 23.7 Å². The van der Waals surface area contributed by atoms with Crippen LogP contribution in [-0.4, -0.2) is 111 Å². The van der Waals surface area contributed by atoms with Crippen LogP contribution in [-0.2, 0) is 41.5 Å². The van der Waals surface area contributed by atoms with E-state index in [2.05, 4.69) is 66.2 Å². The number of likely N-dealkylation sites (tertiary alicyclic amines) is 1. The number of rotatable bonds is 23. The SMILES string of the molecule is CC[C@H](C)[C@@H]([C@@H](CC(=O)N1CCC[C@H]1[C@H](OC)[C@@H](C)C(=O)N[C@H](C=CCc1ccccc1)Cc1ccccc1)OC)N(C)C(=O)[C@@H](NC(=O)[C@@H](NC)C(C)C)C(C)C. The zero-order chi connectivity index (χ0) is 42.9. The van der Waals surface area contributed by atoms with E-state index < -0.39 is 36.3 Å². The number of hydrogen-bond acceptors (Lipinski definition) is 7. The van der Waals surface area contributed by atoms with Crippen molar-refractivity contribution in [2.45, 2.75) is 129 Å². The number of nitrogens with zero attached hydrogens (tertiary/aromatic N) is 2. The number of benzene rings is 2. The van der Waals surface area contributed by atoms with Crippen LogP contribution in [0.4, 0.5) is 0 Å². The first-order valence-corrected chi connectivity index (χ1v) is 21.3. The lowest BCUT2D eigenvalue weighted by Gasteiger charge is -2.41. The number of amides is 4. The predicted octanol–water partition coefficient (Wildman–Crippen LogP) is 5.82. The number of carbonyl (C=O) groups is 4. The Morgan fingerprint density at radius 2 is 1.45 bits per heavy atom. The molecule has 1 fully saturated rings. The van der Waals surface area contributed by atoms with Gasteiger partial charge in [0.2, 0.25) is 23.6 Å². The normalized spacial score (nSPS) is 18.6. The summed E-state index contributed by atoms with van der Waals surface area (Å²) in [7, 11) is 6.68. The van der Waals surface area contributed by atoms with E-state index in [-0.39, 0.29) is 59.9 Å². The van der Waals surface area contributed by atoms with Crippen LogP contribution < -0.4 is 16.0 Å². The van der Waals surface area contributed by atoms with Crippen LogP contribution in [0.1, 0.15) is 85.3 Å². The Balaban J connectivity index is 1.78. The highest BCUT2D eigenvalue weighted by atomic mass is 16.5. The maximum absolute atomic E-state index is 14.3. The molecular formula is C47H73N5O6. The molecule has 58 heavy (non-hydrogen) atoms. The average Bonchev–Trinajstić information content (AvgIpc) is 3.70. The molecule has 11 nitrogen and oxygen atoms in total. The average molecular weight is 804 g/mol. The third-order valence-corrected chi connectivity index (χ3v) is 11.9. The number of allylic oxidation sites excluding steroid dienone is 1. The van der Waals surface area contributed by atoms with Crippen molar-refractivity contribution in [3.63, 3.8) is 0 Å². The number of methoxy groups -OCH3 is 2. The van der Waals surface area contributed by atoms with Crippen molar-refractivity contribution < 1.29 is 28.7 Å². The standard InChI is InChI=1S/C47H73N5O6/c1-12-33(6)43(51(9)47(56)42(32(4)5)50-46(55)41(48-8)31(2)3)39(57-10)30-40(53)52-28-20-27-38(52)44(58-11)34(7)45(54)49-37(29-36-23-17-14-18-24-36)26-19-25-35-21-15-13-16-22-35/h13-19,21-24,26,31-34,37-39,41-44,48H,12,20,25,27-30H2,1-11H3,(H,49,54)(H,50,55)/t33-,34+,37+,38-,39+,41-,42-,43-,44+/m0/s1. The molecule has 1 aliphatic heterocycles. The van der Waals surface area contributed by atoms with Gasteiger partial charge >= 0.3 is 0 Å². The molecule has 322 valence electrons. The van der Waals surface area contributed by atoms with Gasteiger partial charge in [0, 0.05) is 27.8 Å². The number of ether oxygens (including phenoxy) is 2. The fourth-order valence-corrected chi connectivity index (χ4v) is 8.38. The minimum atomic E-state index is -0.753. The molecule has 2 aromatic rings. The Hall–Kier alpha value is -4.06. The summed E-state index contributed by atoms with van der Waals surface area (Å²) in [6, 6.07) is 18.2. The topological polar surface area (TPSA) is 129 Å². The fraction of sp³-hybridized carbons (Fsp3) is 0.617. The third kappa shape index (κ3) is 13.5. The van der Waals surface area contributed by atoms with Crippen LogP contribution in [0.15, 0.2) is 72.8 Å². The second kappa shape index (κ2) is 24.1. The molecule has 3 rings (SSSR count). The summed E-state index contributed by atoms with van der Waals surface area (Å²) in [6.45, 7) is 14.3. The maximum Gasteiger partial charge on any atom is 0.245 e. The third-order valence-electron chi connectivity index (χ3n) is 11.9. The van der Waals surface area contributed by atoms with Gasteiger partial charge in [-0.2, -0.15) is 0 Å². The van der Waals surface area contributed by atoms with E-state index in [0.29, 0.717) is 19.4 Å². The molecule has 11 heteroatoms. The molecule has 4 amide bonds. The molecule has 0 unspecified atom stereocenters. The smallest absolute Gasteiger partial charge is 0.245 e. The minimum Gasteiger partial charge on any atom is -0.379 e. The largest absolute Gasteiger partial charge is 0.379 e. The second-order valence-corrected chi connectivity index (χ2v) is 16.8. The van der Waals surface area contributed by atoms with Gasteiger partial charge in [-0.25, -0.2) is 0 Å². The highest BCUT2D eigenvalue weighted by Gasteiger charge is 2.43.